The van der Waals surface area contributed by atoms with E-state index in [0.717, 1.165) is 23.1 Å². The molecule has 1 aliphatic heterocycles. The molecule has 0 aromatic heterocycles. The number of nitrogens with zero attached hydrogens (tertiary/aromatic N) is 1. The predicted octanol–water partition coefficient (Wildman–Crippen LogP) is 6.41. The summed E-state index contributed by atoms with van der Waals surface area (Å²) in [6, 6.07) is 28.2. The predicted molar refractivity (Wildman–Crippen MR) is 137 cm³/mol. The number of carbonyl (C=O) groups excluding carboxylic acids is 2. The molecule has 0 bridgehead atoms. The molecule has 4 rings (SSSR count). The Morgan fingerprint density at radius 1 is 0.857 bits per heavy atom. The fraction of sp³-hybridized carbons (Fsp3) is 0.333. The highest BCUT2D eigenvalue weighted by Crippen LogP contribution is 2.29. The summed E-state index contributed by atoms with van der Waals surface area (Å²) in [5.74, 6) is -0.320. The molecular weight excluding hydrogens is 438 g/mol. The number of hydrogen-bond donors (Lipinski definition) is 0. The van der Waals surface area contributed by atoms with Crippen LogP contribution in [0.15, 0.2) is 84.9 Å². The molecule has 5 nitrogen and oxygen atoms in total. The zero-order valence-corrected chi connectivity index (χ0v) is 20.6. The zero-order valence-electron chi connectivity index (χ0n) is 20.6. The number of amides is 2. The molecule has 0 saturated carbocycles. The van der Waals surface area contributed by atoms with Gasteiger partial charge < -0.3 is 9.47 Å². The monoisotopic (exact) mass is 471 g/mol. The first-order valence-electron chi connectivity index (χ1n) is 12.2. The normalized spacial score (nSPS) is 18.0. The second-order valence-corrected chi connectivity index (χ2v) is 9.96. The molecule has 1 aliphatic rings. The molecule has 1 fully saturated rings. The van der Waals surface area contributed by atoms with E-state index in [1.54, 1.807) is 20.8 Å². The Morgan fingerprint density at radius 3 is 2.09 bits per heavy atom. The van der Waals surface area contributed by atoms with Crippen molar-refractivity contribution in [2.75, 3.05) is 0 Å². The smallest absolute Gasteiger partial charge is 0.417 e. The van der Waals surface area contributed by atoms with Crippen molar-refractivity contribution in [1.82, 2.24) is 4.90 Å². The third-order valence-electron chi connectivity index (χ3n) is 6.08. The highest BCUT2D eigenvalue weighted by atomic mass is 16.6. The Bertz CT molecular complexity index is 1120. The molecule has 1 heterocycles. The van der Waals surface area contributed by atoms with E-state index >= 15 is 0 Å². The number of ether oxygens (including phenoxy) is 2. The molecule has 0 unspecified atom stereocenters. The summed E-state index contributed by atoms with van der Waals surface area (Å²) in [6.45, 7) is 5.74. The quantitative estimate of drug-likeness (QED) is 0.400. The van der Waals surface area contributed by atoms with E-state index in [-0.39, 0.29) is 11.9 Å². The largest absolute Gasteiger partial charge is 0.443 e. The molecule has 1 saturated heterocycles. The fourth-order valence-electron chi connectivity index (χ4n) is 4.32. The van der Waals surface area contributed by atoms with Gasteiger partial charge in [0.25, 0.3) is 5.91 Å². The van der Waals surface area contributed by atoms with Crippen LogP contribution in [0.1, 0.15) is 44.7 Å². The highest BCUT2D eigenvalue weighted by Gasteiger charge is 2.45. The van der Waals surface area contributed by atoms with E-state index in [9.17, 15) is 9.59 Å². The van der Waals surface area contributed by atoms with Gasteiger partial charge in [-0.3, -0.25) is 4.79 Å². The van der Waals surface area contributed by atoms with E-state index in [1.807, 2.05) is 48.5 Å². The van der Waals surface area contributed by atoms with Gasteiger partial charge in [0.05, 0.1) is 6.61 Å². The molecule has 2 atom stereocenters. The van der Waals surface area contributed by atoms with E-state index in [2.05, 4.69) is 36.4 Å². The van der Waals surface area contributed by atoms with Crippen LogP contribution in [-0.4, -0.2) is 34.6 Å². The molecule has 182 valence electrons. The number of likely N-dealkylation sites (tertiary alicyclic amines) is 1. The highest BCUT2D eigenvalue weighted by molar-refractivity contribution is 5.97. The van der Waals surface area contributed by atoms with Crippen LogP contribution in [0, 0.1) is 0 Å². The fourth-order valence-corrected chi connectivity index (χ4v) is 4.32. The molecule has 0 aliphatic carbocycles. The first-order valence-corrected chi connectivity index (χ1v) is 12.2. The van der Waals surface area contributed by atoms with E-state index in [4.69, 9.17) is 9.47 Å². The van der Waals surface area contributed by atoms with Crippen LogP contribution in [0.25, 0.3) is 11.1 Å². The van der Waals surface area contributed by atoms with Crippen LogP contribution in [0.4, 0.5) is 4.79 Å². The molecule has 2 amide bonds. The Balaban J connectivity index is 1.43. The Hall–Kier alpha value is -3.44. The Labute approximate surface area is 207 Å². The van der Waals surface area contributed by atoms with Crippen molar-refractivity contribution in [3.63, 3.8) is 0 Å². The molecule has 0 N–H and O–H groups in total. The standard InChI is InChI=1S/C30H33NO4/c1-30(2,3)35-29(33)31-26(20-27(28(31)32)34-21-23-10-6-4-7-11-23)19-16-22-14-17-25(18-15-22)24-12-8-5-9-13-24/h4-15,17-18,26-27H,16,19-21H2,1-3H3/t26-,27+/m1/s1. The summed E-state index contributed by atoms with van der Waals surface area (Å²) in [7, 11) is 0. The summed E-state index contributed by atoms with van der Waals surface area (Å²) in [5.41, 5.74) is 3.81. The minimum Gasteiger partial charge on any atom is -0.443 e. The molecule has 0 spiro atoms. The van der Waals surface area contributed by atoms with Crippen molar-refractivity contribution in [3.05, 3.63) is 96.1 Å². The van der Waals surface area contributed by atoms with Gasteiger partial charge in [-0.15, -0.1) is 0 Å². The van der Waals surface area contributed by atoms with Gasteiger partial charge in [-0.1, -0.05) is 84.9 Å². The lowest BCUT2D eigenvalue weighted by Crippen LogP contribution is -2.43. The van der Waals surface area contributed by atoms with Gasteiger partial charge >= 0.3 is 6.09 Å². The van der Waals surface area contributed by atoms with E-state index in [1.165, 1.54) is 10.5 Å². The van der Waals surface area contributed by atoms with Crippen molar-refractivity contribution in [2.45, 2.75) is 64.4 Å². The van der Waals surface area contributed by atoms with Gasteiger partial charge in [-0.2, -0.15) is 0 Å². The average molecular weight is 472 g/mol. The SMILES string of the molecule is CC(C)(C)OC(=O)N1C(=O)[C@@H](OCc2ccccc2)C[C@H]1CCc1ccc(-c2ccccc2)cc1. The summed E-state index contributed by atoms with van der Waals surface area (Å²) in [6.07, 6.45) is 0.608. The molecule has 3 aromatic rings. The van der Waals surface area contributed by atoms with E-state index < -0.39 is 17.8 Å². The summed E-state index contributed by atoms with van der Waals surface area (Å²) >= 11 is 0. The summed E-state index contributed by atoms with van der Waals surface area (Å²) < 4.78 is 11.5. The summed E-state index contributed by atoms with van der Waals surface area (Å²) in [5, 5.41) is 0. The first kappa shape index (κ1) is 24.7. The maximum absolute atomic E-state index is 13.2. The van der Waals surface area contributed by atoms with Crippen molar-refractivity contribution in [3.8, 4) is 11.1 Å². The van der Waals surface area contributed by atoms with Crippen molar-refractivity contribution >= 4 is 12.0 Å². The maximum Gasteiger partial charge on any atom is 0.417 e. The first-order chi connectivity index (χ1) is 16.8. The molecule has 5 heteroatoms. The lowest BCUT2D eigenvalue weighted by molar-refractivity contribution is -0.137. The number of carbonyl (C=O) groups is 2. The molecular formula is C30H33NO4. The van der Waals surface area contributed by atoms with Crippen molar-refractivity contribution in [2.24, 2.45) is 0 Å². The maximum atomic E-state index is 13.2. The number of imide groups is 1. The van der Waals surface area contributed by atoms with Crippen LogP contribution in [0.5, 0.6) is 0 Å². The molecule has 35 heavy (non-hydrogen) atoms. The van der Waals surface area contributed by atoms with Gasteiger partial charge in [0.1, 0.15) is 11.7 Å². The van der Waals surface area contributed by atoms with Crippen LogP contribution in [0.2, 0.25) is 0 Å². The van der Waals surface area contributed by atoms with E-state index in [0.29, 0.717) is 19.4 Å². The van der Waals surface area contributed by atoms with Gasteiger partial charge in [-0.05, 0) is 55.9 Å². The number of hydrogen-bond acceptors (Lipinski definition) is 4. The number of rotatable bonds is 7. The Morgan fingerprint density at radius 2 is 1.46 bits per heavy atom. The molecule has 3 aromatic carbocycles. The van der Waals surface area contributed by atoms with Crippen LogP contribution >= 0.6 is 0 Å². The number of aryl methyl sites for hydroxylation is 1. The zero-order chi connectivity index (χ0) is 24.8. The van der Waals surface area contributed by atoms with Crippen LogP contribution in [-0.2, 0) is 27.3 Å². The lowest BCUT2D eigenvalue weighted by atomic mass is 9.99. The van der Waals surface area contributed by atoms with Crippen LogP contribution < -0.4 is 0 Å². The van der Waals surface area contributed by atoms with Gasteiger partial charge in [-0.25, -0.2) is 9.69 Å². The van der Waals surface area contributed by atoms with Crippen LogP contribution in [0.3, 0.4) is 0 Å². The Kier molecular flexibility index (Phi) is 7.67. The topological polar surface area (TPSA) is 55.8 Å². The summed E-state index contributed by atoms with van der Waals surface area (Å²) in [4.78, 5) is 27.4. The average Bonchev–Trinajstić information content (AvgIpc) is 3.17. The minimum atomic E-state index is -0.682. The third-order valence-corrected chi connectivity index (χ3v) is 6.08. The van der Waals surface area contributed by atoms with Gasteiger partial charge in [0.15, 0.2) is 0 Å². The van der Waals surface area contributed by atoms with Gasteiger partial charge in [0.2, 0.25) is 0 Å². The second kappa shape index (κ2) is 10.9. The number of benzene rings is 3. The second-order valence-electron chi connectivity index (χ2n) is 9.96. The molecule has 0 radical (unpaired) electrons. The van der Waals surface area contributed by atoms with Crippen molar-refractivity contribution < 1.29 is 19.1 Å². The third kappa shape index (κ3) is 6.58. The lowest BCUT2D eigenvalue weighted by Gasteiger charge is -2.27. The van der Waals surface area contributed by atoms with Crippen molar-refractivity contribution in [1.29, 1.82) is 0 Å². The minimum absolute atomic E-state index is 0.271. The van der Waals surface area contributed by atoms with Gasteiger partial charge in [0, 0.05) is 12.5 Å².